The summed E-state index contributed by atoms with van der Waals surface area (Å²) in [5.74, 6) is 0.722. The number of rotatable bonds is 5. The summed E-state index contributed by atoms with van der Waals surface area (Å²) in [6, 6.07) is 1.86. The number of anilines is 2. The van der Waals surface area contributed by atoms with E-state index >= 15 is 0 Å². The predicted octanol–water partition coefficient (Wildman–Crippen LogP) is 1.47. The van der Waals surface area contributed by atoms with Gasteiger partial charge in [-0.1, -0.05) is 5.57 Å². The molecule has 0 aromatic carbocycles. The number of amides is 1. The number of pyridine rings is 1. The molecule has 0 bridgehead atoms. The summed E-state index contributed by atoms with van der Waals surface area (Å²) < 4.78 is 0. The van der Waals surface area contributed by atoms with E-state index in [0.717, 1.165) is 17.0 Å². The van der Waals surface area contributed by atoms with Crippen molar-refractivity contribution in [3.63, 3.8) is 0 Å². The number of carbonyl (C=O) groups excluding carboxylic acids is 1. The second kappa shape index (κ2) is 6.64. The van der Waals surface area contributed by atoms with Crippen molar-refractivity contribution in [2.75, 3.05) is 24.1 Å². The van der Waals surface area contributed by atoms with Crippen LogP contribution < -0.4 is 16.4 Å². The molecule has 1 amide bonds. The molecule has 1 heterocycles. The zero-order valence-corrected chi connectivity index (χ0v) is 11.1. The molecule has 98 valence electrons. The first-order valence-electron chi connectivity index (χ1n) is 5.88. The summed E-state index contributed by atoms with van der Waals surface area (Å²) in [4.78, 5) is 15.5. The largest absolute Gasteiger partial charge is 0.397 e. The third-order valence-corrected chi connectivity index (χ3v) is 2.24. The van der Waals surface area contributed by atoms with E-state index in [1.165, 1.54) is 0 Å². The molecule has 0 fully saturated rings. The van der Waals surface area contributed by atoms with Crippen molar-refractivity contribution in [2.24, 2.45) is 0 Å². The molecule has 0 aliphatic rings. The number of nitrogen functional groups attached to an aromatic ring is 1. The van der Waals surface area contributed by atoms with E-state index in [1.807, 2.05) is 26.8 Å². The smallest absolute Gasteiger partial charge is 0.243 e. The Balaban J connectivity index is 2.34. The Kier molecular flexibility index (Phi) is 5.17. The minimum Gasteiger partial charge on any atom is -0.397 e. The first-order valence-corrected chi connectivity index (χ1v) is 5.88. The maximum absolute atomic E-state index is 11.3. The number of allylic oxidation sites excluding steroid dienone is 1. The van der Waals surface area contributed by atoms with E-state index in [9.17, 15) is 4.79 Å². The Hall–Kier alpha value is -2.04. The lowest BCUT2D eigenvalue weighted by atomic mass is 10.2. The van der Waals surface area contributed by atoms with Gasteiger partial charge in [-0.2, -0.15) is 0 Å². The fourth-order valence-electron chi connectivity index (χ4n) is 1.46. The molecule has 0 radical (unpaired) electrons. The second-order valence-corrected chi connectivity index (χ2v) is 4.37. The first kappa shape index (κ1) is 14.0. The number of carbonyl (C=O) groups is 1. The van der Waals surface area contributed by atoms with E-state index in [1.54, 1.807) is 12.3 Å². The molecule has 0 aliphatic heterocycles. The van der Waals surface area contributed by atoms with Gasteiger partial charge in [0.15, 0.2) is 0 Å². The molecule has 0 aliphatic carbocycles. The van der Waals surface area contributed by atoms with E-state index in [-0.39, 0.29) is 5.91 Å². The molecule has 0 saturated carbocycles. The maximum atomic E-state index is 11.3. The zero-order chi connectivity index (χ0) is 13.5. The third kappa shape index (κ3) is 4.86. The van der Waals surface area contributed by atoms with Crippen LogP contribution in [0.3, 0.4) is 0 Å². The van der Waals surface area contributed by atoms with Crippen molar-refractivity contribution < 1.29 is 4.79 Å². The van der Waals surface area contributed by atoms with E-state index in [4.69, 9.17) is 5.73 Å². The Morgan fingerprint density at radius 2 is 2.17 bits per heavy atom. The number of aromatic nitrogens is 1. The Morgan fingerprint density at radius 3 is 2.78 bits per heavy atom. The lowest BCUT2D eigenvalue weighted by Crippen LogP contribution is -2.27. The van der Waals surface area contributed by atoms with Crippen LogP contribution in [0, 0.1) is 6.92 Å². The van der Waals surface area contributed by atoms with Gasteiger partial charge in [0.1, 0.15) is 5.82 Å². The molecule has 0 atom stereocenters. The van der Waals surface area contributed by atoms with Gasteiger partial charge < -0.3 is 16.4 Å². The van der Waals surface area contributed by atoms with E-state index < -0.39 is 0 Å². The molecule has 1 rings (SSSR count). The van der Waals surface area contributed by atoms with Crippen LogP contribution in [0.5, 0.6) is 0 Å². The normalized spacial score (nSPS) is 9.72. The minimum absolute atomic E-state index is 0.0706. The van der Waals surface area contributed by atoms with Crippen LogP contribution >= 0.6 is 0 Å². The first-order chi connectivity index (χ1) is 8.49. The highest BCUT2D eigenvalue weighted by molar-refractivity contribution is 5.88. The van der Waals surface area contributed by atoms with Crippen LogP contribution in [0.2, 0.25) is 0 Å². The fraction of sp³-hybridized carbons (Fsp3) is 0.385. The van der Waals surface area contributed by atoms with Crippen LogP contribution in [0.25, 0.3) is 0 Å². The molecule has 18 heavy (non-hydrogen) atoms. The number of aryl methyl sites for hydroxylation is 1. The molecule has 0 unspecified atom stereocenters. The molecular weight excluding hydrogens is 228 g/mol. The average molecular weight is 248 g/mol. The summed E-state index contributed by atoms with van der Waals surface area (Å²) in [5, 5.41) is 5.93. The molecule has 5 nitrogen and oxygen atoms in total. The van der Waals surface area contributed by atoms with Crippen molar-refractivity contribution in [1.29, 1.82) is 0 Å². The van der Waals surface area contributed by atoms with Gasteiger partial charge in [0.2, 0.25) is 5.91 Å². The van der Waals surface area contributed by atoms with Crippen LogP contribution in [0.1, 0.15) is 19.4 Å². The molecule has 0 saturated heterocycles. The van der Waals surface area contributed by atoms with Crippen LogP contribution in [0.4, 0.5) is 11.5 Å². The lowest BCUT2D eigenvalue weighted by Gasteiger charge is -2.09. The standard InChI is InChI=1S/C13H20N4O/c1-9(2)6-12(18)15-4-5-16-13-10(3)7-11(14)8-17-13/h6-8H,4-5,14H2,1-3H3,(H,15,18)(H,16,17). The second-order valence-electron chi connectivity index (χ2n) is 4.37. The Bertz CT molecular complexity index is 450. The number of hydrogen-bond donors (Lipinski definition) is 3. The molecule has 4 N–H and O–H groups in total. The van der Waals surface area contributed by atoms with Crippen molar-refractivity contribution in [3.05, 3.63) is 29.5 Å². The van der Waals surface area contributed by atoms with Gasteiger partial charge in [0, 0.05) is 19.2 Å². The highest BCUT2D eigenvalue weighted by Crippen LogP contribution is 2.12. The molecule has 5 heteroatoms. The van der Waals surface area contributed by atoms with Crippen molar-refractivity contribution >= 4 is 17.4 Å². The summed E-state index contributed by atoms with van der Waals surface area (Å²) in [5.41, 5.74) is 8.24. The Morgan fingerprint density at radius 1 is 1.44 bits per heavy atom. The van der Waals surface area contributed by atoms with Crippen LogP contribution in [0.15, 0.2) is 23.9 Å². The summed E-state index contributed by atoms with van der Waals surface area (Å²) in [7, 11) is 0. The van der Waals surface area contributed by atoms with E-state index in [0.29, 0.717) is 18.8 Å². The maximum Gasteiger partial charge on any atom is 0.243 e. The lowest BCUT2D eigenvalue weighted by molar-refractivity contribution is -0.116. The topological polar surface area (TPSA) is 80.0 Å². The van der Waals surface area contributed by atoms with Crippen LogP contribution in [-0.4, -0.2) is 24.0 Å². The SMILES string of the molecule is CC(C)=CC(=O)NCCNc1ncc(N)cc1C. The average Bonchev–Trinajstić information content (AvgIpc) is 2.25. The van der Waals surface area contributed by atoms with Crippen molar-refractivity contribution in [1.82, 2.24) is 10.3 Å². The number of nitrogens with one attached hydrogen (secondary N) is 2. The summed E-state index contributed by atoms with van der Waals surface area (Å²) in [6.45, 7) is 6.89. The van der Waals surface area contributed by atoms with Gasteiger partial charge in [0.25, 0.3) is 0 Å². The molecule has 0 spiro atoms. The molecular formula is C13H20N4O. The monoisotopic (exact) mass is 248 g/mol. The summed E-state index contributed by atoms with van der Waals surface area (Å²) >= 11 is 0. The van der Waals surface area contributed by atoms with Gasteiger partial charge in [0.05, 0.1) is 11.9 Å². The van der Waals surface area contributed by atoms with Gasteiger partial charge in [-0.05, 0) is 32.4 Å². The van der Waals surface area contributed by atoms with Crippen molar-refractivity contribution in [2.45, 2.75) is 20.8 Å². The highest BCUT2D eigenvalue weighted by Gasteiger charge is 2.00. The third-order valence-electron chi connectivity index (χ3n) is 2.24. The number of nitrogens with zero attached hydrogens (tertiary/aromatic N) is 1. The van der Waals surface area contributed by atoms with Gasteiger partial charge >= 0.3 is 0 Å². The van der Waals surface area contributed by atoms with Crippen LogP contribution in [-0.2, 0) is 4.79 Å². The summed E-state index contributed by atoms with van der Waals surface area (Å²) in [6.07, 6.45) is 3.18. The fourth-order valence-corrected chi connectivity index (χ4v) is 1.46. The van der Waals surface area contributed by atoms with Gasteiger partial charge in [-0.25, -0.2) is 4.98 Å². The van der Waals surface area contributed by atoms with Gasteiger partial charge in [-0.15, -0.1) is 0 Å². The number of nitrogens with two attached hydrogens (primary N) is 1. The highest BCUT2D eigenvalue weighted by atomic mass is 16.1. The minimum atomic E-state index is -0.0706. The van der Waals surface area contributed by atoms with E-state index in [2.05, 4.69) is 15.6 Å². The predicted molar refractivity (Wildman–Crippen MR) is 74.3 cm³/mol. The molecule has 1 aromatic rings. The Labute approximate surface area is 107 Å². The quantitative estimate of drug-likeness (QED) is 0.544. The number of hydrogen-bond acceptors (Lipinski definition) is 4. The zero-order valence-electron chi connectivity index (χ0n) is 11.1. The van der Waals surface area contributed by atoms with Crippen molar-refractivity contribution in [3.8, 4) is 0 Å². The van der Waals surface area contributed by atoms with Gasteiger partial charge in [-0.3, -0.25) is 4.79 Å². The molecule has 1 aromatic heterocycles.